The molecule has 2 aliphatic heterocycles. The fourth-order valence-corrected chi connectivity index (χ4v) is 3.42. The van der Waals surface area contributed by atoms with Crippen molar-refractivity contribution in [3.8, 4) is 0 Å². The number of unbranched alkanes of at least 4 members (excludes halogenated alkanes) is 1. The number of nitrogens with zero attached hydrogens (tertiary/aromatic N) is 2. The average Bonchev–Trinajstić information content (AvgIpc) is 3.21. The van der Waals surface area contributed by atoms with Crippen LogP contribution < -0.4 is 5.01 Å². The highest BCUT2D eigenvalue weighted by Gasteiger charge is 2.33. The highest BCUT2D eigenvalue weighted by atomic mass is 16.5. The van der Waals surface area contributed by atoms with Gasteiger partial charge in [-0.2, -0.15) is 5.10 Å². The third-order valence-electron chi connectivity index (χ3n) is 4.80. The van der Waals surface area contributed by atoms with Crippen molar-refractivity contribution >= 4 is 23.3 Å². The minimum Gasteiger partial charge on any atom is -0.454 e. The molecule has 26 heavy (non-hydrogen) atoms. The molecule has 1 unspecified atom stereocenters. The van der Waals surface area contributed by atoms with Crippen molar-refractivity contribution in [3.05, 3.63) is 65.2 Å². The van der Waals surface area contributed by atoms with Gasteiger partial charge in [-0.1, -0.05) is 49.7 Å². The molecule has 2 aliphatic rings. The van der Waals surface area contributed by atoms with Crippen LogP contribution in [-0.2, 0) is 9.53 Å². The molecule has 0 aliphatic carbocycles. The summed E-state index contributed by atoms with van der Waals surface area (Å²) in [5.74, 6) is -0.417. The highest BCUT2D eigenvalue weighted by molar-refractivity contribution is 6.19. The van der Waals surface area contributed by atoms with Gasteiger partial charge in [0.1, 0.15) is 6.10 Å². The van der Waals surface area contributed by atoms with Crippen LogP contribution in [0, 0.1) is 0 Å². The average molecular weight is 348 g/mol. The van der Waals surface area contributed by atoms with Gasteiger partial charge < -0.3 is 4.74 Å². The Balaban J connectivity index is 1.63. The lowest BCUT2D eigenvalue weighted by molar-refractivity contribution is -0.116. The summed E-state index contributed by atoms with van der Waals surface area (Å²) in [6, 6.07) is 15.1. The Morgan fingerprint density at radius 1 is 1.15 bits per heavy atom. The molecule has 5 nitrogen and oxygen atoms in total. The van der Waals surface area contributed by atoms with Gasteiger partial charge in [-0.3, -0.25) is 4.79 Å². The third kappa shape index (κ3) is 2.90. The van der Waals surface area contributed by atoms with Crippen LogP contribution in [0.5, 0.6) is 0 Å². The Morgan fingerprint density at radius 3 is 2.73 bits per heavy atom. The predicted molar refractivity (Wildman–Crippen MR) is 99.2 cm³/mol. The second-order valence-corrected chi connectivity index (χ2v) is 6.60. The summed E-state index contributed by atoms with van der Waals surface area (Å²) in [5, 5.41) is 5.86. The molecule has 0 saturated carbocycles. The van der Waals surface area contributed by atoms with Crippen LogP contribution >= 0.6 is 0 Å². The SMILES string of the molecule is CCCCC1OC(=O)c2cc(N3N=C(c4ccccc4)CC3=O)ccc21. The van der Waals surface area contributed by atoms with Crippen LogP contribution in [0.3, 0.4) is 0 Å². The van der Waals surface area contributed by atoms with Gasteiger partial charge in [0, 0.05) is 5.56 Å². The molecule has 0 bridgehead atoms. The predicted octanol–water partition coefficient (Wildman–Crippen LogP) is 4.23. The second-order valence-electron chi connectivity index (χ2n) is 6.60. The minimum absolute atomic E-state index is 0.0994. The van der Waals surface area contributed by atoms with Gasteiger partial charge >= 0.3 is 5.97 Å². The number of anilines is 1. The van der Waals surface area contributed by atoms with E-state index in [0.717, 1.165) is 36.1 Å². The van der Waals surface area contributed by atoms with Crippen molar-refractivity contribution in [1.82, 2.24) is 0 Å². The normalized spacial score (nSPS) is 18.7. The van der Waals surface area contributed by atoms with Crippen LogP contribution in [0.4, 0.5) is 5.69 Å². The summed E-state index contributed by atoms with van der Waals surface area (Å²) in [7, 11) is 0. The van der Waals surface area contributed by atoms with Crippen LogP contribution in [0.1, 0.15) is 60.2 Å². The van der Waals surface area contributed by atoms with Gasteiger partial charge in [-0.15, -0.1) is 0 Å². The lowest BCUT2D eigenvalue weighted by atomic mass is 10.0. The quantitative estimate of drug-likeness (QED) is 0.760. The molecule has 2 aromatic carbocycles. The molecule has 4 rings (SSSR count). The van der Waals surface area contributed by atoms with E-state index < -0.39 is 0 Å². The van der Waals surface area contributed by atoms with Crippen molar-refractivity contribution in [2.45, 2.75) is 38.7 Å². The summed E-state index contributed by atoms with van der Waals surface area (Å²) >= 11 is 0. The van der Waals surface area contributed by atoms with Crippen molar-refractivity contribution < 1.29 is 14.3 Å². The zero-order valence-corrected chi connectivity index (χ0v) is 14.6. The highest BCUT2D eigenvalue weighted by Crippen LogP contribution is 2.37. The summed E-state index contributed by atoms with van der Waals surface area (Å²) in [5.41, 5.74) is 3.72. The van der Waals surface area contributed by atoms with Crippen molar-refractivity contribution in [2.24, 2.45) is 5.10 Å². The number of benzene rings is 2. The second kappa shape index (κ2) is 6.75. The summed E-state index contributed by atoms with van der Waals surface area (Å²) in [6.07, 6.45) is 2.97. The Bertz CT molecular complexity index is 889. The zero-order valence-electron chi connectivity index (χ0n) is 14.6. The lowest BCUT2D eigenvalue weighted by Crippen LogP contribution is -2.19. The summed E-state index contributed by atoms with van der Waals surface area (Å²) in [6.45, 7) is 2.11. The van der Waals surface area contributed by atoms with E-state index in [9.17, 15) is 9.59 Å². The number of amides is 1. The molecule has 0 N–H and O–H groups in total. The van der Waals surface area contributed by atoms with Crippen LogP contribution in [-0.4, -0.2) is 17.6 Å². The molecule has 0 spiro atoms. The van der Waals surface area contributed by atoms with E-state index >= 15 is 0 Å². The lowest BCUT2D eigenvalue weighted by Gasteiger charge is -2.13. The number of hydrogen-bond acceptors (Lipinski definition) is 4. The fourth-order valence-electron chi connectivity index (χ4n) is 3.42. The maximum absolute atomic E-state index is 12.4. The van der Waals surface area contributed by atoms with Crippen molar-refractivity contribution in [2.75, 3.05) is 5.01 Å². The largest absolute Gasteiger partial charge is 0.454 e. The Morgan fingerprint density at radius 2 is 1.96 bits per heavy atom. The molecule has 2 aromatic rings. The number of cyclic esters (lactones) is 1. The molecule has 1 amide bonds. The maximum Gasteiger partial charge on any atom is 0.339 e. The van der Waals surface area contributed by atoms with Gasteiger partial charge in [-0.05, 0) is 30.5 Å². The minimum atomic E-state index is -0.318. The smallest absolute Gasteiger partial charge is 0.339 e. The molecular weight excluding hydrogens is 328 g/mol. The maximum atomic E-state index is 12.4. The number of esters is 1. The standard InChI is InChI=1S/C21H20N2O3/c1-2-3-9-19-16-11-10-15(12-17(16)21(25)26-19)23-20(24)13-18(22-23)14-7-5-4-6-8-14/h4-8,10-12,19H,2-3,9,13H2,1H3. The van der Waals surface area contributed by atoms with E-state index in [1.165, 1.54) is 5.01 Å². The van der Waals surface area contributed by atoms with Crippen molar-refractivity contribution in [1.29, 1.82) is 0 Å². The molecular formula is C21H20N2O3. The number of carbonyl (C=O) groups is 2. The van der Waals surface area contributed by atoms with Gasteiger partial charge in [0.15, 0.2) is 0 Å². The van der Waals surface area contributed by atoms with E-state index in [1.807, 2.05) is 42.5 Å². The van der Waals surface area contributed by atoms with Crippen LogP contribution in [0.15, 0.2) is 53.6 Å². The van der Waals surface area contributed by atoms with E-state index in [0.29, 0.717) is 11.3 Å². The molecule has 0 radical (unpaired) electrons. The van der Waals surface area contributed by atoms with Gasteiger partial charge in [0.05, 0.1) is 23.4 Å². The van der Waals surface area contributed by atoms with Crippen molar-refractivity contribution in [3.63, 3.8) is 0 Å². The molecule has 2 heterocycles. The van der Waals surface area contributed by atoms with Crippen LogP contribution in [0.2, 0.25) is 0 Å². The molecule has 0 fully saturated rings. The van der Waals surface area contributed by atoms with Gasteiger partial charge in [-0.25, -0.2) is 9.80 Å². The van der Waals surface area contributed by atoms with Gasteiger partial charge in [0.2, 0.25) is 0 Å². The molecule has 0 aromatic heterocycles. The molecule has 5 heteroatoms. The Kier molecular flexibility index (Phi) is 4.29. The first-order valence-corrected chi connectivity index (χ1v) is 8.98. The number of hydrazone groups is 1. The number of hydrogen-bond donors (Lipinski definition) is 0. The summed E-state index contributed by atoms with van der Waals surface area (Å²) < 4.78 is 5.49. The van der Waals surface area contributed by atoms with E-state index in [1.54, 1.807) is 6.07 Å². The fraction of sp³-hybridized carbons (Fsp3) is 0.286. The Hall–Kier alpha value is -2.95. The molecule has 132 valence electrons. The molecule has 0 saturated heterocycles. The Labute approximate surface area is 152 Å². The van der Waals surface area contributed by atoms with Crippen LogP contribution in [0.25, 0.3) is 0 Å². The molecule has 1 atom stereocenters. The van der Waals surface area contributed by atoms with E-state index in [-0.39, 0.29) is 24.4 Å². The number of rotatable bonds is 5. The number of fused-ring (bicyclic) bond motifs is 1. The topological polar surface area (TPSA) is 59.0 Å². The van der Waals surface area contributed by atoms with E-state index in [4.69, 9.17) is 4.74 Å². The number of ether oxygens (including phenoxy) is 1. The first kappa shape index (κ1) is 16.5. The van der Waals surface area contributed by atoms with E-state index in [2.05, 4.69) is 12.0 Å². The first-order valence-electron chi connectivity index (χ1n) is 8.98. The number of carbonyl (C=O) groups excluding carboxylic acids is 2. The zero-order chi connectivity index (χ0) is 18.1. The first-order chi connectivity index (χ1) is 12.7. The monoisotopic (exact) mass is 348 g/mol. The third-order valence-corrected chi connectivity index (χ3v) is 4.80. The van der Waals surface area contributed by atoms with Gasteiger partial charge in [0.25, 0.3) is 5.91 Å². The summed E-state index contributed by atoms with van der Waals surface area (Å²) in [4.78, 5) is 24.7.